The van der Waals surface area contributed by atoms with Crippen molar-refractivity contribution in [2.45, 2.75) is 94.0 Å². The van der Waals surface area contributed by atoms with Gasteiger partial charge in [-0.25, -0.2) is 30.6 Å². The second kappa shape index (κ2) is 19.8. The molecule has 78 heavy (non-hydrogen) atoms. The Hall–Kier alpha value is -6.80. The van der Waals surface area contributed by atoms with Crippen LogP contribution in [0.2, 0.25) is 5.02 Å². The lowest BCUT2D eigenvalue weighted by molar-refractivity contribution is -0.150. The van der Waals surface area contributed by atoms with E-state index in [0.717, 1.165) is 42.7 Å². The maximum atomic E-state index is 15.7. The summed E-state index contributed by atoms with van der Waals surface area (Å²) in [6.07, 6.45) is -11.9. The lowest BCUT2D eigenvalue weighted by Gasteiger charge is -2.32. The lowest BCUT2D eigenvalue weighted by atomic mass is 9.74. The van der Waals surface area contributed by atoms with E-state index < -0.39 is 203 Å². The molecule has 418 valence electrons. The lowest BCUT2D eigenvalue weighted by Crippen LogP contribution is -2.45. The van der Waals surface area contributed by atoms with E-state index >= 15 is 8.78 Å². The number of hydrogen-bond acceptors (Lipinski definition) is 11. The molecule has 0 saturated heterocycles. The molecule has 2 aromatic carbocycles. The van der Waals surface area contributed by atoms with E-state index in [2.05, 4.69) is 32.3 Å². The van der Waals surface area contributed by atoms with E-state index in [9.17, 15) is 81.4 Å². The van der Waals surface area contributed by atoms with Crippen LogP contribution < -0.4 is 9.62 Å². The Bertz CT molecular complexity index is 3610. The Balaban J connectivity index is 1.36. The zero-order valence-corrected chi connectivity index (χ0v) is 43.2. The molecular weight excluding hydrogens is 1120 g/mol. The predicted molar refractivity (Wildman–Crippen MR) is 255 cm³/mol. The number of fused-ring (bicyclic) bond motifs is 4. The average Bonchev–Trinajstić information content (AvgIpc) is 3.84. The summed E-state index contributed by atoms with van der Waals surface area (Å²) in [5.74, 6) is -15.7. The minimum atomic E-state index is -5.26. The molecule has 3 aliphatic carbocycles. The van der Waals surface area contributed by atoms with E-state index in [-0.39, 0.29) is 36.9 Å². The summed E-state index contributed by atoms with van der Waals surface area (Å²) >= 11 is 6.69. The van der Waals surface area contributed by atoms with Crippen molar-refractivity contribution >= 4 is 71.9 Å². The molecule has 0 aliphatic heterocycles. The first kappa shape index (κ1) is 57.4. The number of carboxylic acid groups (broad SMARTS) is 2. The monoisotopic (exact) mass is 1170 g/mol. The molecule has 0 radical (unpaired) electrons. The van der Waals surface area contributed by atoms with Gasteiger partial charge in [0.25, 0.3) is 5.92 Å². The summed E-state index contributed by atoms with van der Waals surface area (Å²) in [7, 11) is -8.99. The SMILES string of the molecule is CC(C)(C#Cc1ccc(-c2ccc(Cl)c3c(N(C(=O)C4C[C@@H](C(=O)O)C[C@@H](C(=O)O)C4)S(C)(=O)=O)nn(CC(F)(F)F)c23)c([C@H](Cc2cc(F)cc(F)c2)NC(=O)Cn2nc(C(F)(F)F)c3c2C(F)(F)[C@@H]2C[C@H]32)n1)S(C)(=O)=O. The van der Waals surface area contributed by atoms with Crippen molar-refractivity contribution in [3.63, 3.8) is 0 Å². The standard InChI is InChI=1S/C48H42ClF10N7O10S2/c1-45(2,77(3,73)74)10-9-27-5-6-28(37(60-27)33(13-21-11-25(50)17-26(51)12-21)61-34(67)19-64-40-35(39(62-64)48(57,58)59)30-18-31(30)47(40,55)56)29-7-8-32(49)36-38(29)65(20-46(52,53)54)63-41(36)66(78(4,75)76)42(68)22-14-23(43(69)70)16-24(15-22)44(71)72/h5-8,11-12,17,22-24,30-31,33H,13-16,18-20H2,1-4H3,(H,61,67)(H,69,70)(H,71,72)/t22?,23-,24+,30-,31+,33-/m0/s1. The van der Waals surface area contributed by atoms with Gasteiger partial charge < -0.3 is 15.5 Å². The summed E-state index contributed by atoms with van der Waals surface area (Å²) in [6.45, 7) is -1.01. The Morgan fingerprint density at radius 2 is 1.45 bits per heavy atom. The van der Waals surface area contributed by atoms with E-state index in [1.807, 2.05) is 0 Å². The first-order chi connectivity index (χ1) is 35.9. The van der Waals surface area contributed by atoms with Gasteiger partial charge in [0.1, 0.15) is 40.9 Å². The molecule has 0 bridgehead atoms. The number of aromatic nitrogens is 5. The van der Waals surface area contributed by atoms with Gasteiger partial charge >= 0.3 is 24.3 Å². The van der Waals surface area contributed by atoms with Gasteiger partial charge in [-0.05, 0) is 93.7 Å². The van der Waals surface area contributed by atoms with Crippen LogP contribution in [0, 0.1) is 47.1 Å². The second-order valence-electron chi connectivity index (χ2n) is 19.9. The first-order valence-corrected chi connectivity index (χ1v) is 27.3. The molecule has 2 saturated carbocycles. The number of nitrogens with zero attached hydrogens (tertiary/aromatic N) is 6. The third-order valence-corrected chi connectivity index (χ3v) is 17.1. The fourth-order valence-corrected chi connectivity index (χ4v) is 11.3. The average molecular weight is 1170 g/mol. The number of sulfonamides is 1. The van der Waals surface area contributed by atoms with Crippen LogP contribution in [0.25, 0.3) is 22.0 Å². The van der Waals surface area contributed by atoms with Crippen LogP contribution in [-0.4, -0.2) is 98.8 Å². The highest BCUT2D eigenvalue weighted by Crippen LogP contribution is 2.68. The molecule has 17 nitrogen and oxygen atoms in total. The Morgan fingerprint density at radius 3 is 2.00 bits per heavy atom. The second-order valence-corrected chi connectivity index (χ2v) is 24.7. The number of nitrogens with one attached hydrogen (secondary N) is 1. The van der Waals surface area contributed by atoms with Crippen molar-refractivity contribution in [3.05, 3.63) is 93.0 Å². The minimum absolute atomic E-state index is 0.0438. The number of rotatable bonds is 14. The summed E-state index contributed by atoms with van der Waals surface area (Å²) in [5.41, 5.74) is -6.42. The van der Waals surface area contributed by atoms with Gasteiger partial charge in [0.15, 0.2) is 21.3 Å². The normalized spacial score (nSPS) is 20.5. The number of benzene rings is 2. The number of pyridine rings is 1. The molecule has 0 spiro atoms. The number of carboxylic acids is 2. The molecule has 3 heterocycles. The maximum Gasteiger partial charge on any atom is 0.435 e. The van der Waals surface area contributed by atoms with E-state index in [1.165, 1.54) is 13.8 Å². The van der Waals surface area contributed by atoms with Gasteiger partial charge in [0.2, 0.25) is 21.8 Å². The molecule has 1 unspecified atom stereocenters. The smallest absolute Gasteiger partial charge is 0.435 e. The van der Waals surface area contributed by atoms with Crippen molar-refractivity contribution in [3.8, 4) is 23.0 Å². The molecule has 3 N–H and O–H groups in total. The van der Waals surface area contributed by atoms with Gasteiger partial charge in [-0.2, -0.15) is 49.6 Å². The van der Waals surface area contributed by atoms with Crippen molar-refractivity contribution in [2.75, 3.05) is 16.8 Å². The largest absolute Gasteiger partial charge is 0.481 e. The Labute approximate surface area is 440 Å². The van der Waals surface area contributed by atoms with E-state index in [1.54, 1.807) is 0 Å². The number of amides is 2. The highest BCUT2D eigenvalue weighted by atomic mass is 35.5. The quantitative estimate of drug-likeness (QED) is 0.0712. The van der Waals surface area contributed by atoms with E-state index in [4.69, 9.17) is 11.6 Å². The number of aliphatic carboxylic acids is 2. The van der Waals surface area contributed by atoms with Crippen LogP contribution in [0.5, 0.6) is 0 Å². The van der Waals surface area contributed by atoms with Crippen molar-refractivity contribution < 1.29 is 90.1 Å². The van der Waals surface area contributed by atoms with Gasteiger partial charge in [-0.3, -0.25) is 28.5 Å². The summed E-state index contributed by atoms with van der Waals surface area (Å²) in [4.78, 5) is 57.5. The summed E-state index contributed by atoms with van der Waals surface area (Å²) in [6, 6.07) is 4.38. The van der Waals surface area contributed by atoms with Gasteiger partial charge in [-0.15, -0.1) is 0 Å². The number of carbonyl (C=O) groups is 4. The van der Waals surface area contributed by atoms with Crippen molar-refractivity contribution in [1.82, 2.24) is 29.9 Å². The van der Waals surface area contributed by atoms with Gasteiger partial charge in [0.05, 0.1) is 45.8 Å². The topological polar surface area (TPSA) is 241 Å². The maximum absolute atomic E-state index is 15.7. The zero-order valence-electron chi connectivity index (χ0n) is 40.8. The molecular formula is C48H42ClF10N7O10S2. The summed E-state index contributed by atoms with van der Waals surface area (Å²) in [5, 5.41) is 28.1. The molecule has 2 amide bonds. The number of carbonyl (C=O) groups excluding carboxylic acids is 2. The molecule has 8 rings (SSSR count). The minimum Gasteiger partial charge on any atom is -0.481 e. The predicted octanol–water partition coefficient (Wildman–Crippen LogP) is 7.79. The van der Waals surface area contributed by atoms with Gasteiger partial charge in [-0.1, -0.05) is 23.6 Å². The molecule has 6 atom stereocenters. The Morgan fingerprint density at radius 1 is 0.859 bits per heavy atom. The highest BCUT2D eigenvalue weighted by molar-refractivity contribution is 7.93. The number of anilines is 1. The van der Waals surface area contributed by atoms with Crippen LogP contribution in [-0.2, 0) is 70.6 Å². The third-order valence-electron chi connectivity index (χ3n) is 13.8. The van der Waals surface area contributed by atoms with Gasteiger partial charge in [0, 0.05) is 40.8 Å². The number of hydrogen-bond donors (Lipinski definition) is 3. The van der Waals surface area contributed by atoms with E-state index in [0.29, 0.717) is 12.3 Å². The van der Waals surface area contributed by atoms with Crippen LogP contribution >= 0.6 is 11.6 Å². The van der Waals surface area contributed by atoms with Crippen LogP contribution in [0.4, 0.5) is 49.7 Å². The third kappa shape index (κ3) is 11.2. The Kier molecular flexibility index (Phi) is 14.6. The fraction of sp³-hybridized carbons (Fsp3) is 0.438. The number of sulfone groups is 1. The number of halogens is 11. The van der Waals surface area contributed by atoms with Crippen LogP contribution in [0.15, 0.2) is 42.5 Å². The zero-order chi connectivity index (χ0) is 57.7. The number of alkyl halides is 8. The summed E-state index contributed by atoms with van der Waals surface area (Å²) < 4.78 is 199. The van der Waals surface area contributed by atoms with Crippen molar-refractivity contribution in [1.29, 1.82) is 0 Å². The molecule has 3 aromatic heterocycles. The van der Waals surface area contributed by atoms with Crippen LogP contribution in [0.3, 0.4) is 0 Å². The molecule has 5 aromatic rings. The van der Waals surface area contributed by atoms with Crippen LogP contribution in [0.1, 0.15) is 85.4 Å². The fourth-order valence-electron chi connectivity index (χ4n) is 9.91. The highest BCUT2D eigenvalue weighted by Gasteiger charge is 2.68. The first-order valence-electron chi connectivity index (χ1n) is 23.2. The van der Waals surface area contributed by atoms with Crippen molar-refractivity contribution in [2.24, 2.45) is 23.7 Å². The molecule has 2 fully saturated rings. The molecule has 30 heteroatoms. The molecule has 3 aliphatic rings.